The highest BCUT2D eigenvalue weighted by Crippen LogP contribution is 2.11. The SMILES string of the molecule is Cl.NC1CCN(CCCCCCCC(=O)O)CC1. The Balaban J connectivity index is 0.00000289. The monoisotopic (exact) mass is 278 g/mol. The maximum Gasteiger partial charge on any atom is 0.303 e. The molecule has 3 N–H and O–H groups in total. The zero-order valence-electron chi connectivity index (χ0n) is 11.1. The molecular formula is C13H27ClN2O2. The van der Waals surface area contributed by atoms with Crippen LogP contribution < -0.4 is 5.73 Å². The van der Waals surface area contributed by atoms with Crippen LogP contribution in [0.15, 0.2) is 0 Å². The van der Waals surface area contributed by atoms with Gasteiger partial charge in [0.25, 0.3) is 0 Å². The normalized spacial score (nSPS) is 17.4. The van der Waals surface area contributed by atoms with Crippen molar-refractivity contribution in [2.24, 2.45) is 5.73 Å². The number of carboxylic acid groups (broad SMARTS) is 1. The fraction of sp³-hybridized carbons (Fsp3) is 0.923. The molecule has 0 aliphatic carbocycles. The maximum atomic E-state index is 10.3. The van der Waals surface area contributed by atoms with Crippen LogP contribution in [-0.2, 0) is 4.79 Å². The standard InChI is InChI=1S/C13H26N2O2.ClH/c14-12-7-10-15(11-8-12)9-5-3-1-2-4-6-13(16)17;/h12H,1-11,14H2,(H,16,17);1H. The highest BCUT2D eigenvalue weighted by atomic mass is 35.5. The molecule has 1 saturated heterocycles. The van der Waals surface area contributed by atoms with E-state index < -0.39 is 5.97 Å². The van der Waals surface area contributed by atoms with E-state index in [9.17, 15) is 4.79 Å². The van der Waals surface area contributed by atoms with Crippen LogP contribution in [0.5, 0.6) is 0 Å². The van der Waals surface area contributed by atoms with Crippen LogP contribution >= 0.6 is 12.4 Å². The van der Waals surface area contributed by atoms with E-state index in [0.717, 1.165) is 38.8 Å². The Morgan fingerprint density at radius 1 is 1.11 bits per heavy atom. The van der Waals surface area contributed by atoms with Gasteiger partial charge in [-0.2, -0.15) is 0 Å². The van der Waals surface area contributed by atoms with Crippen LogP contribution in [-0.4, -0.2) is 41.7 Å². The number of rotatable bonds is 8. The van der Waals surface area contributed by atoms with Crippen molar-refractivity contribution in [2.75, 3.05) is 19.6 Å². The molecular weight excluding hydrogens is 252 g/mol. The number of unbranched alkanes of at least 4 members (excludes halogenated alkanes) is 4. The summed E-state index contributed by atoms with van der Waals surface area (Å²) in [7, 11) is 0. The minimum absolute atomic E-state index is 0. The molecule has 18 heavy (non-hydrogen) atoms. The molecule has 108 valence electrons. The van der Waals surface area contributed by atoms with Gasteiger partial charge in [0.15, 0.2) is 0 Å². The molecule has 0 atom stereocenters. The number of likely N-dealkylation sites (tertiary alicyclic amines) is 1. The van der Waals surface area contributed by atoms with Crippen molar-refractivity contribution in [3.8, 4) is 0 Å². The van der Waals surface area contributed by atoms with E-state index in [1.807, 2.05) is 0 Å². The molecule has 0 saturated carbocycles. The summed E-state index contributed by atoms with van der Waals surface area (Å²) in [5, 5.41) is 8.49. The van der Waals surface area contributed by atoms with Crippen LogP contribution in [0.2, 0.25) is 0 Å². The van der Waals surface area contributed by atoms with Gasteiger partial charge in [-0.1, -0.05) is 19.3 Å². The molecule has 1 aliphatic heterocycles. The van der Waals surface area contributed by atoms with Gasteiger partial charge >= 0.3 is 5.97 Å². The van der Waals surface area contributed by atoms with E-state index in [4.69, 9.17) is 10.8 Å². The van der Waals surface area contributed by atoms with Crippen LogP contribution in [0, 0.1) is 0 Å². The van der Waals surface area contributed by atoms with E-state index >= 15 is 0 Å². The van der Waals surface area contributed by atoms with E-state index in [0.29, 0.717) is 12.5 Å². The fourth-order valence-electron chi connectivity index (χ4n) is 2.32. The van der Waals surface area contributed by atoms with Crippen molar-refractivity contribution in [1.82, 2.24) is 4.90 Å². The van der Waals surface area contributed by atoms with Gasteiger partial charge in [0, 0.05) is 12.5 Å². The number of carbonyl (C=O) groups is 1. The van der Waals surface area contributed by atoms with E-state index in [1.54, 1.807) is 0 Å². The van der Waals surface area contributed by atoms with Gasteiger partial charge in [-0.3, -0.25) is 4.79 Å². The van der Waals surface area contributed by atoms with Gasteiger partial charge < -0.3 is 15.7 Å². The van der Waals surface area contributed by atoms with Crippen LogP contribution in [0.3, 0.4) is 0 Å². The molecule has 0 radical (unpaired) electrons. The van der Waals surface area contributed by atoms with Crippen LogP contribution in [0.25, 0.3) is 0 Å². The van der Waals surface area contributed by atoms with Crippen molar-refractivity contribution in [3.63, 3.8) is 0 Å². The molecule has 1 heterocycles. The second-order valence-corrected chi connectivity index (χ2v) is 5.09. The molecule has 0 amide bonds. The molecule has 0 spiro atoms. The fourth-order valence-corrected chi connectivity index (χ4v) is 2.32. The third-order valence-corrected chi connectivity index (χ3v) is 3.50. The van der Waals surface area contributed by atoms with Crippen LogP contribution in [0.1, 0.15) is 51.4 Å². The van der Waals surface area contributed by atoms with Crippen LogP contribution in [0.4, 0.5) is 0 Å². The minimum atomic E-state index is -0.672. The molecule has 0 aromatic rings. The quantitative estimate of drug-likeness (QED) is 0.669. The number of nitrogens with zero attached hydrogens (tertiary/aromatic N) is 1. The largest absolute Gasteiger partial charge is 0.481 e. The zero-order valence-corrected chi connectivity index (χ0v) is 12.0. The number of carboxylic acids is 1. The highest BCUT2D eigenvalue weighted by molar-refractivity contribution is 5.85. The first-order valence-corrected chi connectivity index (χ1v) is 6.88. The summed E-state index contributed by atoms with van der Waals surface area (Å²) in [6.45, 7) is 3.49. The lowest BCUT2D eigenvalue weighted by atomic mass is 10.1. The van der Waals surface area contributed by atoms with Crippen molar-refractivity contribution in [2.45, 2.75) is 57.4 Å². The maximum absolute atomic E-state index is 10.3. The lowest BCUT2D eigenvalue weighted by molar-refractivity contribution is -0.137. The number of hydrogen-bond acceptors (Lipinski definition) is 3. The summed E-state index contributed by atoms with van der Waals surface area (Å²) >= 11 is 0. The second-order valence-electron chi connectivity index (χ2n) is 5.09. The average Bonchev–Trinajstić information content (AvgIpc) is 2.30. The summed E-state index contributed by atoms with van der Waals surface area (Å²) in [5.74, 6) is -0.672. The molecule has 1 rings (SSSR count). The van der Waals surface area contributed by atoms with Gasteiger partial charge in [-0.15, -0.1) is 12.4 Å². The predicted molar refractivity (Wildman–Crippen MR) is 76.2 cm³/mol. The van der Waals surface area contributed by atoms with Crippen molar-refractivity contribution in [1.29, 1.82) is 0 Å². The molecule has 5 heteroatoms. The molecule has 0 aromatic heterocycles. The zero-order chi connectivity index (χ0) is 12.5. The Morgan fingerprint density at radius 3 is 2.28 bits per heavy atom. The molecule has 1 fully saturated rings. The number of aliphatic carboxylic acids is 1. The summed E-state index contributed by atoms with van der Waals surface area (Å²) in [6, 6.07) is 0.419. The molecule has 4 nitrogen and oxygen atoms in total. The lowest BCUT2D eigenvalue weighted by Gasteiger charge is -2.29. The van der Waals surface area contributed by atoms with Crippen molar-refractivity contribution >= 4 is 18.4 Å². The Bertz CT molecular complexity index is 219. The first kappa shape index (κ1) is 17.7. The second kappa shape index (κ2) is 10.6. The Hall–Kier alpha value is -0.320. The molecule has 0 bridgehead atoms. The lowest BCUT2D eigenvalue weighted by Crippen LogP contribution is -2.39. The highest BCUT2D eigenvalue weighted by Gasteiger charge is 2.14. The van der Waals surface area contributed by atoms with Gasteiger partial charge in [-0.05, 0) is 45.3 Å². The third kappa shape index (κ3) is 8.72. The summed E-state index contributed by atoms with van der Waals surface area (Å²) < 4.78 is 0. The van der Waals surface area contributed by atoms with Gasteiger partial charge in [-0.25, -0.2) is 0 Å². The van der Waals surface area contributed by atoms with Gasteiger partial charge in [0.1, 0.15) is 0 Å². The number of piperidine rings is 1. The van der Waals surface area contributed by atoms with Gasteiger partial charge in [0.05, 0.1) is 0 Å². The number of halogens is 1. The predicted octanol–water partition coefficient (Wildman–Crippen LogP) is 2.26. The van der Waals surface area contributed by atoms with E-state index in [-0.39, 0.29) is 12.4 Å². The topological polar surface area (TPSA) is 66.6 Å². The first-order chi connectivity index (χ1) is 8.18. The third-order valence-electron chi connectivity index (χ3n) is 3.50. The summed E-state index contributed by atoms with van der Waals surface area (Å²) in [5.41, 5.74) is 5.86. The average molecular weight is 279 g/mol. The number of nitrogens with two attached hydrogens (primary N) is 1. The van der Waals surface area contributed by atoms with Crippen molar-refractivity contribution in [3.05, 3.63) is 0 Å². The first-order valence-electron chi connectivity index (χ1n) is 6.88. The van der Waals surface area contributed by atoms with E-state index in [2.05, 4.69) is 4.90 Å². The summed E-state index contributed by atoms with van der Waals surface area (Å²) in [4.78, 5) is 12.8. The van der Waals surface area contributed by atoms with Crippen molar-refractivity contribution < 1.29 is 9.90 Å². The van der Waals surface area contributed by atoms with E-state index in [1.165, 1.54) is 25.8 Å². The molecule has 1 aliphatic rings. The molecule has 0 aromatic carbocycles. The Kier molecular flexibility index (Phi) is 10.4. The minimum Gasteiger partial charge on any atom is -0.481 e. The molecule has 0 unspecified atom stereocenters. The number of hydrogen-bond donors (Lipinski definition) is 2. The smallest absolute Gasteiger partial charge is 0.303 e. The Labute approximate surface area is 116 Å². The van der Waals surface area contributed by atoms with Gasteiger partial charge in [0.2, 0.25) is 0 Å². The summed E-state index contributed by atoms with van der Waals surface area (Å²) in [6.07, 6.45) is 8.11. The Morgan fingerprint density at radius 2 is 1.67 bits per heavy atom.